The quantitative estimate of drug-likeness (QED) is 0.101. The molecule has 0 spiro atoms. The Morgan fingerprint density at radius 2 is 1.30 bits per heavy atom. The van der Waals surface area contributed by atoms with Crippen molar-refractivity contribution in [1.29, 1.82) is 0 Å². The van der Waals surface area contributed by atoms with Crippen molar-refractivity contribution in [2.45, 2.75) is 24.9 Å². The van der Waals surface area contributed by atoms with Crippen LogP contribution in [0.2, 0.25) is 0 Å². The van der Waals surface area contributed by atoms with Crippen LogP contribution < -0.4 is 20.9 Å². The Labute approximate surface area is 241 Å². The third-order valence-electron chi connectivity index (χ3n) is 5.75. The van der Waals surface area contributed by atoms with Gasteiger partial charge in [-0.1, -0.05) is 6.07 Å². The Morgan fingerprint density at radius 1 is 0.727 bits per heavy atom. The number of nitrogens with zero attached hydrogens (tertiary/aromatic N) is 2. The van der Waals surface area contributed by atoms with Crippen molar-refractivity contribution in [2.24, 2.45) is 0 Å². The second kappa shape index (κ2) is 13.1. The third kappa shape index (κ3) is 9.23. The van der Waals surface area contributed by atoms with Gasteiger partial charge in [0.25, 0.3) is 5.69 Å². The van der Waals surface area contributed by atoms with Gasteiger partial charge < -0.3 is 16.0 Å². The number of anilines is 3. The minimum atomic E-state index is -5.14. The van der Waals surface area contributed by atoms with Crippen LogP contribution in [0.15, 0.2) is 66.7 Å². The molecule has 3 aromatic rings. The zero-order valence-corrected chi connectivity index (χ0v) is 21.9. The average Bonchev–Trinajstić information content (AvgIpc) is 2.91. The van der Waals surface area contributed by atoms with Gasteiger partial charge >= 0.3 is 30.6 Å². The van der Waals surface area contributed by atoms with E-state index in [2.05, 4.69) is 10.6 Å². The topological polar surface area (TPSA) is 117 Å². The van der Waals surface area contributed by atoms with Crippen molar-refractivity contribution < 1.29 is 54.0 Å². The van der Waals surface area contributed by atoms with Crippen molar-refractivity contribution >= 4 is 34.8 Å². The molecule has 0 fully saturated rings. The molecule has 0 aliphatic carbocycles. The van der Waals surface area contributed by atoms with Gasteiger partial charge in [-0.25, -0.2) is 9.59 Å². The van der Waals surface area contributed by atoms with E-state index in [9.17, 15) is 59.2 Å². The molecule has 9 nitrogen and oxygen atoms in total. The maximum Gasteiger partial charge on any atom is 0.416 e. The standard InChI is InChI=1S/C26H20F9N5O4/c27-24(28,29)15-3-1-4-21(14-15)39(23(42)38-18-5-7-20(8-6-18)40(43)44)10-2-9-36-22(41)37-19-12-16(25(30,31)32)11-17(13-19)26(33,34)35/h1,3-8,11-14H,2,9-10H2,(H,38,42)(H2,36,37,41). The summed E-state index contributed by atoms with van der Waals surface area (Å²) >= 11 is 0. The monoisotopic (exact) mass is 637 g/mol. The molecule has 0 aromatic heterocycles. The van der Waals surface area contributed by atoms with Gasteiger partial charge in [0.05, 0.1) is 21.6 Å². The summed E-state index contributed by atoms with van der Waals surface area (Å²) in [6.45, 7) is -0.653. The molecule has 0 heterocycles. The lowest BCUT2D eigenvalue weighted by Gasteiger charge is -2.24. The summed E-state index contributed by atoms with van der Waals surface area (Å²) < 4.78 is 118. The number of non-ortho nitro benzene ring substituents is 1. The number of nitro benzene ring substituents is 1. The van der Waals surface area contributed by atoms with E-state index < -0.39 is 57.9 Å². The number of halogens is 9. The van der Waals surface area contributed by atoms with E-state index in [4.69, 9.17) is 0 Å². The van der Waals surface area contributed by atoms with Crippen LogP contribution in [0.1, 0.15) is 23.1 Å². The molecule has 3 N–H and O–H groups in total. The normalized spacial score (nSPS) is 11.9. The number of hydrogen-bond donors (Lipinski definition) is 3. The molecule has 3 aromatic carbocycles. The maximum atomic E-state index is 13.3. The van der Waals surface area contributed by atoms with Gasteiger partial charge in [-0.15, -0.1) is 0 Å². The van der Waals surface area contributed by atoms with E-state index in [1.54, 1.807) is 0 Å². The van der Waals surface area contributed by atoms with Gasteiger partial charge in [0, 0.05) is 42.3 Å². The fourth-order valence-electron chi connectivity index (χ4n) is 3.70. The van der Waals surface area contributed by atoms with Crippen LogP contribution in [-0.2, 0) is 18.5 Å². The number of hydrogen-bond acceptors (Lipinski definition) is 4. The molecule has 3 rings (SSSR count). The number of carbonyl (C=O) groups excluding carboxylic acids is 2. The van der Waals surface area contributed by atoms with E-state index in [0.29, 0.717) is 18.2 Å². The minimum Gasteiger partial charge on any atom is -0.338 e. The first-order valence-electron chi connectivity index (χ1n) is 12.2. The molecule has 4 amide bonds. The molecule has 0 atom stereocenters. The van der Waals surface area contributed by atoms with Gasteiger partial charge in [-0.05, 0) is 55.0 Å². The fraction of sp³-hybridized carbons (Fsp3) is 0.231. The molecular formula is C26H20F9N5O4. The molecule has 236 valence electrons. The van der Waals surface area contributed by atoms with Crippen LogP contribution in [0.3, 0.4) is 0 Å². The van der Waals surface area contributed by atoms with Crippen molar-refractivity contribution in [3.05, 3.63) is 93.5 Å². The molecule has 0 aliphatic rings. The number of nitro groups is 1. The number of amides is 4. The van der Waals surface area contributed by atoms with Crippen molar-refractivity contribution in [3.8, 4) is 0 Å². The van der Waals surface area contributed by atoms with E-state index in [-0.39, 0.29) is 42.6 Å². The second-order valence-corrected chi connectivity index (χ2v) is 8.96. The van der Waals surface area contributed by atoms with E-state index in [1.165, 1.54) is 18.2 Å². The molecule has 0 radical (unpaired) electrons. The summed E-state index contributed by atoms with van der Waals surface area (Å²) in [5.41, 5.74) is -5.64. The first-order chi connectivity index (χ1) is 20.3. The molecule has 0 saturated heterocycles. The lowest BCUT2D eigenvalue weighted by molar-refractivity contribution is -0.384. The highest BCUT2D eigenvalue weighted by atomic mass is 19.4. The van der Waals surface area contributed by atoms with Crippen molar-refractivity contribution in [2.75, 3.05) is 28.6 Å². The SMILES string of the molecule is O=C(NCCCN(C(=O)Nc1ccc([N+](=O)[O-])cc1)c1cccc(C(F)(F)F)c1)Nc1cc(C(F)(F)F)cc(C(F)(F)F)c1. The lowest BCUT2D eigenvalue weighted by atomic mass is 10.1. The zero-order chi connectivity index (χ0) is 32.9. The number of rotatable bonds is 8. The zero-order valence-electron chi connectivity index (χ0n) is 21.9. The summed E-state index contributed by atoms with van der Waals surface area (Å²) in [6, 6.07) is 6.53. The number of carbonyl (C=O) groups is 2. The van der Waals surface area contributed by atoms with Gasteiger partial charge in [0.15, 0.2) is 0 Å². The summed E-state index contributed by atoms with van der Waals surface area (Å²) in [4.78, 5) is 36.2. The number of urea groups is 2. The molecule has 0 bridgehead atoms. The Kier molecular flexibility index (Phi) is 9.96. The average molecular weight is 637 g/mol. The Balaban J connectivity index is 1.72. The molecule has 0 unspecified atom stereocenters. The smallest absolute Gasteiger partial charge is 0.338 e. The number of alkyl halides is 9. The fourth-order valence-corrected chi connectivity index (χ4v) is 3.70. The van der Waals surface area contributed by atoms with Gasteiger partial charge in [-0.3, -0.25) is 15.0 Å². The van der Waals surface area contributed by atoms with Crippen molar-refractivity contribution in [3.63, 3.8) is 0 Å². The van der Waals surface area contributed by atoms with E-state index in [0.717, 1.165) is 29.2 Å². The van der Waals surface area contributed by atoms with Crippen LogP contribution in [0.25, 0.3) is 0 Å². The number of nitrogens with one attached hydrogen (secondary N) is 3. The molecular weight excluding hydrogens is 617 g/mol. The first kappa shape index (κ1) is 33.5. The van der Waals surface area contributed by atoms with Crippen LogP contribution >= 0.6 is 0 Å². The Hall–Kier alpha value is -5.03. The van der Waals surface area contributed by atoms with Crippen LogP contribution in [0, 0.1) is 10.1 Å². The highest BCUT2D eigenvalue weighted by Crippen LogP contribution is 2.37. The van der Waals surface area contributed by atoms with Crippen LogP contribution in [-0.4, -0.2) is 30.1 Å². The minimum absolute atomic E-state index is 0.0643. The van der Waals surface area contributed by atoms with Gasteiger partial charge in [-0.2, -0.15) is 39.5 Å². The maximum absolute atomic E-state index is 13.3. The molecule has 0 aliphatic heterocycles. The second-order valence-electron chi connectivity index (χ2n) is 8.96. The summed E-state index contributed by atoms with van der Waals surface area (Å²) in [5.74, 6) is 0. The predicted molar refractivity (Wildman–Crippen MR) is 139 cm³/mol. The highest BCUT2D eigenvalue weighted by Gasteiger charge is 2.37. The van der Waals surface area contributed by atoms with E-state index in [1.807, 2.05) is 5.32 Å². The lowest BCUT2D eigenvalue weighted by Crippen LogP contribution is -2.38. The Morgan fingerprint density at radius 3 is 1.82 bits per heavy atom. The van der Waals surface area contributed by atoms with Crippen LogP contribution in [0.5, 0.6) is 0 Å². The first-order valence-corrected chi connectivity index (χ1v) is 12.2. The van der Waals surface area contributed by atoms with Gasteiger partial charge in [0.2, 0.25) is 0 Å². The molecule has 18 heteroatoms. The van der Waals surface area contributed by atoms with Crippen LogP contribution in [0.4, 0.5) is 71.9 Å². The summed E-state index contributed by atoms with van der Waals surface area (Å²) in [5, 5.41) is 17.3. The van der Waals surface area contributed by atoms with Gasteiger partial charge in [0.1, 0.15) is 0 Å². The molecule has 44 heavy (non-hydrogen) atoms. The summed E-state index contributed by atoms with van der Waals surface area (Å²) in [7, 11) is 0. The largest absolute Gasteiger partial charge is 0.416 e. The van der Waals surface area contributed by atoms with E-state index >= 15 is 0 Å². The molecule has 0 saturated carbocycles. The highest BCUT2D eigenvalue weighted by molar-refractivity contribution is 6.01. The number of benzene rings is 3. The predicted octanol–water partition coefficient (Wildman–Crippen LogP) is 7.90. The third-order valence-corrected chi connectivity index (χ3v) is 5.75. The summed E-state index contributed by atoms with van der Waals surface area (Å²) in [6.07, 6.45) is -15.2. The Bertz CT molecular complexity index is 1480. The van der Waals surface area contributed by atoms with Crippen molar-refractivity contribution in [1.82, 2.24) is 5.32 Å².